The Balaban J connectivity index is 1.22. The van der Waals surface area contributed by atoms with E-state index in [4.69, 9.17) is 0 Å². The van der Waals surface area contributed by atoms with E-state index in [9.17, 15) is 0 Å². The van der Waals surface area contributed by atoms with Crippen LogP contribution >= 0.6 is 0 Å². The Labute approximate surface area is 307 Å². The summed E-state index contributed by atoms with van der Waals surface area (Å²) < 4.78 is 0. The zero-order chi connectivity index (χ0) is 35.3. The van der Waals surface area contributed by atoms with Gasteiger partial charge in [0.15, 0.2) is 0 Å². The number of hydrogen-bond acceptors (Lipinski definition) is 1. The van der Waals surface area contributed by atoms with Crippen molar-refractivity contribution in [3.8, 4) is 22.3 Å². The second kappa shape index (κ2) is 12.4. The smallest absolute Gasteiger partial charge is 0.0752 e. The van der Waals surface area contributed by atoms with Crippen molar-refractivity contribution in [3.05, 3.63) is 233 Å². The first-order valence-electron chi connectivity index (χ1n) is 18.1. The van der Waals surface area contributed by atoms with Gasteiger partial charge in [0.05, 0.1) is 5.41 Å². The number of benzene rings is 6. The highest BCUT2D eigenvalue weighted by atomic mass is 15.1. The first-order chi connectivity index (χ1) is 25.5. The second-order valence-corrected chi connectivity index (χ2v) is 14.4. The monoisotopic (exact) mass is 665 g/mol. The third-order valence-electron chi connectivity index (χ3n) is 11.3. The van der Waals surface area contributed by atoms with Crippen molar-refractivity contribution in [1.29, 1.82) is 0 Å². The summed E-state index contributed by atoms with van der Waals surface area (Å²) in [6, 6.07) is 68.1. The maximum Gasteiger partial charge on any atom is 0.0752 e. The van der Waals surface area contributed by atoms with Gasteiger partial charge in [-0.1, -0.05) is 159 Å². The predicted molar refractivity (Wildman–Crippen MR) is 217 cm³/mol. The molecule has 52 heavy (non-hydrogen) atoms. The number of allylic oxidation sites excluding steroid dienone is 3. The van der Waals surface area contributed by atoms with E-state index in [1.807, 2.05) is 6.07 Å². The molecule has 1 unspecified atom stereocenters. The van der Waals surface area contributed by atoms with Gasteiger partial charge in [0, 0.05) is 28.6 Å². The van der Waals surface area contributed by atoms with Crippen molar-refractivity contribution >= 4 is 16.9 Å². The number of rotatable bonds is 7. The van der Waals surface area contributed by atoms with Gasteiger partial charge in [0.25, 0.3) is 0 Å². The molecule has 1 nitrogen and oxygen atoms in total. The molecule has 0 radical (unpaired) electrons. The summed E-state index contributed by atoms with van der Waals surface area (Å²) in [6.45, 7) is 6.99. The Bertz CT molecular complexity index is 2430. The predicted octanol–water partition coefficient (Wildman–Crippen LogP) is 12.7. The number of nitrogens with zero attached hydrogens (tertiary/aromatic N) is 1. The van der Waals surface area contributed by atoms with Crippen LogP contribution in [0.5, 0.6) is 0 Å². The second-order valence-electron chi connectivity index (χ2n) is 14.4. The molecule has 0 bridgehead atoms. The summed E-state index contributed by atoms with van der Waals surface area (Å²) in [7, 11) is 0. The minimum Gasteiger partial charge on any atom is -0.317 e. The number of hydrogen-bond donors (Lipinski definition) is 0. The molecule has 2 aliphatic carbocycles. The molecule has 1 atom stereocenters. The van der Waals surface area contributed by atoms with E-state index in [-0.39, 0.29) is 5.41 Å². The Hall–Kier alpha value is -6.36. The largest absolute Gasteiger partial charge is 0.317 e. The van der Waals surface area contributed by atoms with E-state index in [0.717, 1.165) is 16.9 Å². The first kappa shape index (κ1) is 31.6. The fourth-order valence-electron chi connectivity index (χ4n) is 8.76. The molecule has 7 aromatic rings. The Morgan fingerprint density at radius 2 is 1.15 bits per heavy atom. The molecule has 0 aromatic heterocycles. The average Bonchev–Trinajstić information content (AvgIpc) is 3.60. The van der Waals surface area contributed by atoms with Gasteiger partial charge in [-0.2, -0.15) is 0 Å². The van der Waals surface area contributed by atoms with Gasteiger partial charge in [0.2, 0.25) is 0 Å². The van der Waals surface area contributed by atoms with Crippen LogP contribution in [-0.4, -0.2) is 0 Å². The van der Waals surface area contributed by atoms with Gasteiger partial charge in [-0.05, 0) is 111 Å². The van der Waals surface area contributed by atoms with Crippen molar-refractivity contribution in [1.82, 2.24) is 0 Å². The van der Waals surface area contributed by atoms with E-state index in [1.165, 1.54) is 61.2 Å². The van der Waals surface area contributed by atoms with Gasteiger partial charge >= 0.3 is 0 Å². The van der Waals surface area contributed by atoms with Crippen LogP contribution in [0.1, 0.15) is 54.2 Å². The van der Waals surface area contributed by atoms with Crippen LogP contribution in [0.15, 0.2) is 188 Å². The van der Waals surface area contributed by atoms with Crippen molar-refractivity contribution in [2.24, 2.45) is 0 Å². The molecule has 0 aliphatic heterocycles. The number of anilines is 2. The van der Waals surface area contributed by atoms with E-state index < -0.39 is 5.41 Å². The van der Waals surface area contributed by atoms with Gasteiger partial charge in [0.1, 0.15) is 0 Å². The lowest BCUT2D eigenvalue weighted by atomic mass is 9.68. The van der Waals surface area contributed by atoms with Crippen molar-refractivity contribution < 1.29 is 0 Å². The van der Waals surface area contributed by atoms with Crippen molar-refractivity contribution in [2.45, 2.75) is 31.6 Å². The van der Waals surface area contributed by atoms with E-state index >= 15 is 0 Å². The molecule has 0 saturated carbocycles. The van der Waals surface area contributed by atoms with Crippen LogP contribution in [0, 0.1) is 12.1 Å². The SMILES string of the molecule is CC1=C(/C=C/N(c2ccc(-c3ccccc3)cc2)c2ccc3c(c2)C(C)(C)c2ccccc2-3)c2ccccc2C1(c1c#cccc1)c1ccccc1. The molecule has 0 spiro atoms. The van der Waals surface area contributed by atoms with Crippen LogP contribution in [0.2, 0.25) is 0 Å². The maximum absolute atomic E-state index is 3.52. The molecule has 0 N–H and O–H groups in total. The van der Waals surface area contributed by atoms with E-state index in [2.05, 4.69) is 214 Å². The molecule has 2 aliphatic rings. The minimum absolute atomic E-state index is 0.101. The highest BCUT2D eigenvalue weighted by Gasteiger charge is 2.45. The van der Waals surface area contributed by atoms with E-state index in [0.29, 0.717) is 0 Å². The highest BCUT2D eigenvalue weighted by Crippen LogP contribution is 2.54. The molecule has 1 heteroatoms. The van der Waals surface area contributed by atoms with Gasteiger partial charge in [-0.3, -0.25) is 0 Å². The molecule has 0 fully saturated rings. The van der Waals surface area contributed by atoms with E-state index in [1.54, 1.807) is 0 Å². The molecule has 9 rings (SSSR count). The average molecular weight is 666 g/mol. The highest BCUT2D eigenvalue weighted by molar-refractivity contribution is 5.90. The van der Waals surface area contributed by atoms with Gasteiger partial charge < -0.3 is 4.90 Å². The molecule has 0 saturated heterocycles. The summed E-state index contributed by atoms with van der Waals surface area (Å²) in [5.41, 5.74) is 16.8. The Morgan fingerprint density at radius 1 is 0.538 bits per heavy atom. The lowest BCUT2D eigenvalue weighted by Crippen LogP contribution is -2.28. The third kappa shape index (κ3) is 4.87. The summed E-state index contributed by atoms with van der Waals surface area (Å²) in [6.07, 6.45) is 4.59. The lowest BCUT2D eigenvalue weighted by molar-refractivity contribution is 0.660. The first-order valence-corrected chi connectivity index (χ1v) is 18.1. The topological polar surface area (TPSA) is 3.24 Å². The molecule has 248 valence electrons. The van der Waals surface area contributed by atoms with Crippen LogP contribution in [0.3, 0.4) is 0 Å². The Kier molecular flexibility index (Phi) is 7.57. The molecular formula is C51H39N. The quantitative estimate of drug-likeness (QED) is 0.164. The molecule has 0 heterocycles. The zero-order valence-corrected chi connectivity index (χ0v) is 29.8. The van der Waals surface area contributed by atoms with Crippen LogP contribution in [-0.2, 0) is 10.8 Å². The van der Waals surface area contributed by atoms with Crippen LogP contribution < -0.4 is 4.90 Å². The molecular weight excluding hydrogens is 627 g/mol. The zero-order valence-electron chi connectivity index (χ0n) is 29.8. The molecule has 7 aromatic carbocycles. The number of fused-ring (bicyclic) bond motifs is 4. The summed E-state index contributed by atoms with van der Waals surface area (Å²) in [5, 5.41) is 0. The summed E-state index contributed by atoms with van der Waals surface area (Å²) >= 11 is 0. The molecule has 0 amide bonds. The summed E-state index contributed by atoms with van der Waals surface area (Å²) in [4.78, 5) is 2.35. The van der Waals surface area contributed by atoms with Crippen molar-refractivity contribution in [2.75, 3.05) is 4.90 Å². The fourth-order valence-corrected chi connectivity index (χ4v) is 8.76. The third-order valence-corrected chi connectivity index (χ3v) is 11.3. The summed E-state index contributed by atoms with van der Waals surface area (Å²) in [5.74, 6) is 0. The fraction of sp³-hybridized carbons (Fsp3) is 0.0980. The normalized spacial score (nSPS) is 14.8. The van der Waals surface area contributed by atoms with Gasteiger partial charge in [-0.15, -0.1) is 0 Å². The minimum atomic E-state index is -0.485. The maximum atomic E-state index is 3.52. The lowest BCUT2D eigenvalue weighted by Gasteiger charge is -2.33. The Morgan fingerprint density at radius 3 is 1.88 bits per heavy atom. The standard InChI is InChI=1S/C51H39N/c1-36-43(44-23-14-16-26-48(44)51(36,39-19-9-5-10-20-39)40-21-11-6-12-22-40)33-34-52(41-29-27-38(28-30-41)37-17-7-4-8-18-37)42-31-32-46-45-24-13-15-25-47(45)50(2,3)49(46)35-42/h4-11,13-21,23-35H,1-3H3/b34-33+. The van der Waals surface area contributed by atoms with Crippen LogP contribution in [0.25, 0.3) is 27.8 Å². The van der Waals surface area contributed by atoms with Crippen LogP contribution in [0.4, 0.5) is 11.4 Å². The van der Waals surface area contributed by atoms with Crippen molar-refractivity contribution in [3.63, 3.8) is 0 Å². The van der Waals surface area contributed by atoms with Gasteiger partial charge in [-0.25, -0.2) is 0 Å².